The summed E-state index contributed by atoms with van der Waals surface area (Å²) in [5.41, 5.74) is 9.81. The van der Waals surface area contributed by atoms with Crippen LogP contribution < -0.4 is 5.43 Å². The summed E-state index contributed by atoms with van der Waals surface area (Å²) in [7, 11) is 0. The number of para-hydroxylation sites is 1. The Morgan fingerprint density at radius 3 is 2.04 bits per heavy atom. The zero-order valence-corrected chi connectivity index (χ0v) is 13.7. The van der Waals surface area contributed by atoms with Crippen LogP contribution in [0.5, 0.6) is 0 Å². The molecular weight excluding hydrogens is 282 g/mol. The molecule has 0 amide bonds. The molecule has 1 aromatic heterocycles. The monoisotopic (exact) mass is 303 g/mol. The van der Waals surface area contributed by atoms with Crippen molar-refractivity contribution in [1.29, 1.82) is 0 Å². The molecule has 0 spiro atoms. The molecule has 23 heavy (non-hydrogen) atoms. The van der Waals surface area contributed by atoms with E-state index in [1.165, 1.54) is 17.1 Å². The SMILES string of the molecule is C/C(=N\Nc1ccccc1)c1ccc(-n2c(C)ccc2C)cc1. The van der Waals surface area contributed by atoms with E-state index in [1.807, 2.05) is 37.3 Å². The van der Waals surface area contributed by atoms with Gasteiger partial charge in [0.15, 0.2) is 0 Å². The van der Waals surface area contributed by atoms with E-state index in [4.69, 9.17) is 0 Å². The van der Waals surface area contributed by atoms with E-state index in [2.05, 4.69) is 65.3 Å². The van der Waals surface area contributed by atoms with E-state index in [0.717, 1.165) is 17.0 Å². The van der Waals surface area contributed by atoms with Crippen molar-refractivity contribution >= 4 is 11.4 Å². The molecule has 0 saturated heterocycles. The Morgan fingerprint density at radius 2 is 1.43 bits per heavy atom. The summed E-state index contributed by atoms with van der Waals surface area (Å²) in [6.45, 7) is 6.26. The molecule has 0 radical (unpaired) electrons. The van der Waals surface area contributed by atoms with Gasteiger partial charge in [-0.2, -0.15) is 5.10 Å². The zero-order chi connectivity index (χ0) is 16.2. The average molecular weight is 303 g/mol. The van der Waals surface area contributed by atoms with Crippen LogP contribution in [0.1, 0.15) is 23.9 Å². The zero-order valence-electron chi connectivity index (χ0n) is 13.7. The standard InChI is InChI=1S/C20H21N3/c1-15-9-10-16(2)23(15)20-13-11-18(12-14-20)17(3)21-22-19-7-5-4-6-8-19/h4-14,22H,1-3H3/b21-17+. The van der Waals surface area contributed by atoms with Crippen molar-refractivity contribution in [2.75, 3.05) is 5.43 Å². The van der Waals surface area contributed by atoms with Gasteiger partial charge >= 0.3 is 0 Å². The van der Waals surface area contributed by atoms with Crippen LogP contribution in [0.4, 0.5) is 5.69 Å². The number of anilines is 1. The molecule has 0 aliphatic rings. The van der Waals surface area contributed by atoms with Gasteiger partial charge in [0.25, 0.3) is 0 Å². The Hall–Kier alpha value is -2.81. The highest BCUT2D eigenvalue weighted by molar-refractivity contribution is 5.99. The van der Waals surface area contributed by atoms with E-state index in [-0.39, 0.29) is 0 Å². The summed E-state index contributed by atoms with van der Waals surface area (Å²) < 4.78 is 2.25. The highest BCUT2D eigenvalue weighted by atomic mass is 15.3. The first kappa shape index (κ1) is 15.1. The molecule has 2 aromatic carbocycles. The maximum absolute atomic E-state index is 4.45. The summed E-state index contributed by atoms with van der Waals surface area (Å²) in [6.07, 6.45) is 0. The number of aryl methyl sites for hydroxylation is 2. The molecule has 0 fully saturated rings. The lowest BCUT2D eigenvalue weighted by Gasteiger charge is -2.10. The number of hydrogen-bond acceptors (Lipinski definition) is 2. The number of hydrogen-bond donors (Lipinski definition) is 1. The number of aromatic nitrogens is 1. The summed E-state index contributed by atoms with van der Waals surface area (Å²) >= 11 is 0. The van der Waals surface area contributed by atoms with Crippen LogP contribution in [0.25, 0.3) is 5.69 Å². The molecule has 0 aliphatic heterocycles. The van der Waals surface area contributed by atoms with Gasteiger partial charge in [-0.3, -0.25) is 5.43 Å². The van der Waals surface area contributed by atoms with Gasteiger partial charge in [-0.1, -0.05) is 30.3 Å². The lowest BCUT2D eigenvalue weighted by molar-refractivity contribution is 0.966. The Kier molecular flexibility index (Phi) is 4.29. The molecule has 0 saturated carbocycles. The van der Waals surface area contributed by atoms with Crippen LogP contribution in [0.2, 0.25) is 0 Å². The number of benzene rings is 2. The van der Waals surface area contributed by atoms with E-state index in [1.54, 1.807) is 0 Å². The van der Waals surface area contributed by atoms with Gasteiger partial charge in [0, 0.05) is 17.1 Å². The smallest absolute Gasteiger partial charge is 0.0648 e. The first-order valence-corrected chi connectivity index (χ1v) is 7.76. The van der Waals surface area contributed by atoms with Crippen LogP contribution in [0, 0.1) is 13.8 Å². The molecule has 3 heteroatoms. The van der Waals surface area contributed by atoms with Crippen LogP contribution >= 0.6 is 0 Å². The predicted molar refractivity (Wildman–Crippen MR) is 97.5 cm³/mol. The maximum atomic E-state index is 4.45. The molecule has 1 N–H and O–H groups in total. The molecule has 0 atom stereocenters. The third-order valence-electron chi connectivity index (χ3n) is 3.94. The number of nitrogens with zero attached hydrogens (tertiary/aromatic N) is 2. The molecule has 3 rings (SSSR count). The molecule has 0 unspecified atom stereocenters. The Labute approximate surface area is 137 Å². The highest BCUT2D eigenvalue weighted by Gasteiger charge is 2.04. The van der Waals surface area contributed by atoms with Crippen molar-refractivity contribution < 1.29 is 0 Å². The summed E-state index contributed by atoms with van der Waals surface area (Å²) in [6, 6.07) is 22.7. The van der Waals surface area contributed by atoms with E-state index >= 15 is 0 Å². The largest absolute Gasteiger partial charge is 0.319 e. The van der Waals surface area contributed by atoms with E-state index in [9.17, 15) is 0 Å². The predicted octanol–water partition coefficient (Wildman–Crippen LogP) is 4.93. The van der Waals surface area contributed by atoms with Gasteiger partial charge in [-0.15, -0.1) is 0 Å². The molecule has 3 nitrogen and oxygen atoms in total. The maximum Gasteiger partial charge on any atom is 0.0648 e. The van der Waals surface area contributed by atoms with Crippen molar-refractivity contribution in [3.63, 3.8) is 0 Å². The number of nitrogens with one attached hydrogen (secondary N) is 1. The summed E-state index contributed by atoms with van der Waals surface area (Å²) in [5.74, 6) is 0. The van der Waals surface area contributed by atoms with Gasteiger partial charge in [-0.05, 0) is 62.7 Å². The van der Waals surface area contributed by atoms with Crippen LogP contribution in [-0.4, -0.2) is 10.3 Å². The fraction of sp³-hybridized carbons (Fsp3) is 0.150. The third-order valence-corrected chi connectivity index (χ3v) is 3.94. The first-order chi connectivity index (χ1) is 11.1. The third kappa shape index (κ3) is 3.34. The fourth-order valence-corrected chi connectivity index (χ4v) is 2.65. The Morgan fingerprint density at radius 1 is 0.826 bits per heavy atom. The number of hydrazone groups is 1. The topological polar surface area (TPSA) is 29.3 Å². The molecule has 0 bridgehead atoms. The van der Waals surface area contributed by atoms with Gasteiger partial charge in [-0.25, -0.2) is 0 Å². The molecule has 0 aliphatic carbocycles. The minimum atomic E-state index is 0.960. The summed E-state index contributed by atoms with van der Waals surface area (Å²) in [4.78, 5) is 0. The second-order valence-corrected chi connectivity index (χ2v) is 5.67. The molecular formula is C20H21N3. The van der Waals surface area contributed by atoms with Crippen molar-refractivity contribution in [2.45, 2.75) is 20.8 Å². The van der Waals surface area contributed by atoms with Gasteiger partial charge in [0.1, 0.15) is 0 Å². The highest BCUT2D eigenvalue weighted by Crippen LogP contribution is 2.17. The molecule has 1 heterocycles. The Bertz CT molecular complexity index is 792. The molecule has 3 aromatic rings. The van der Waals surface area contributed by atoms with Gasteiger partial charge in [0.05, 0.1) is 11.4 Å². The van der Waals surface area contributed by atoms with E-state index < -0.39 is 0 Å². The fourth-order valence-electron chi connectivity index (χ4n) is 2.65. The van der Waals surface area contributed by atoms with Crippen LogP contribution in [-0.2, 0) is 0 Å². The number of rotatable bonds is 4. The minimum absolute atomic E-state index is 0.960. The van der Waals surface area contributed by atoms with Crippen LogP contribution in [0.15, 0.2) is 71.8 Å². The van der Waals surface area contributed by atoms with Crippen molar-refractivity contribution in [1.82, 2.24) is 4.57 Å². The second-order valence-electron chi connectivity index (χ2n) is 5.67. The quantitative estimate of drug-likeness (QED) is 0.537. The van der Waals surface area contributed by atoms with Gasteiger partial charge < -0.3 is 4.57 Å². The van der Waals surface area contributed by atoms with Crippen molar-refractivity contribution in [3.8, 4) is 5.69 Å². The first-order valence-electron chi connectivity index (χ1n) is 7.76. The van der Waals surface area contributed by atoms with Crippen LogP contribution in [0.3, 0.4) is 0 Å². The minimum Gasteiger partial charge on any atom is -0.319 e. The van der Waals surface area contributed by atoms with Crippen molar-refractivity contribution in [2.24, 2.45) is 5.10 Å². The second kappa shape index (κ2) is 6.53. The lowest BCUT2D eigenvalue weighted by Crippen LogP contribution is -2.02. The van der Waals surface area contributed by atoms with Gasteiger partial charge in [0.2, 0.25) is 0 Å². The summed E-state index contributed by atoms with van der Waals surface area (Å²) in [5, 5.41) is 4.45. The average Bonchev–Trinajstić information content (AvgIpc) is 2.92. The van der Waals surface area contributed by atoms with Crippen molar-refractivity contribution in [3.05, 3.63) is 83.7 Å². The Balaban J connectivity index is 1.79. The normalized spacial score (nSPS) is 11.5. The lowest BCUT2D eigenvalue weighted by atomic mass is 10.1. The van der Waals surface area contributed by atoms with E-state index in [0.29, 0.717) is 0 Å². The molecule has 116 valence electrons.